The third-order valence-corrected chi connectivity index (χ3v) is 3.52. The largest absolute Gasteiger partial charge is 0.416 e. The van der Waals surface area contributed by atoms with E-state index in [2.05, 4.69) is 20.3 Å². The molecule has 2 heterocycles. The van der Waals surface area contributed by atoms with Crippen molar-refractivity contribution in [2.75, 3.05) is 31.7 Å². The zero-order valence-corrected chi connectivity index (χ0v) is 13.6. The second-order valence-electron chi connectivity index (χ2n) is 5.33. The Kier molecular flexibility index (Phi) is 5.33. The minimum absolute atomic E-state index is 0.101. The van der Waals surface area contributed by atoms with Crippen molar-refractivity contribution in [3.8, 4) is 5.95 Å². The molecule has 3 rings (SSSR count). The molecule has 0 aliphatic heterocycles. The van der Waals surface area contributed by atoms with Crippen LogP contribution in [0.25, 0.3) is 16.9 Å². The number of imidazole rings is 1. The Morgan fingerprint density at radius 3 is 2.73 bits per heavy atom. The van der Waals surface area contributed by atoms with Crippen LogP contribution in [0.1, 0.15) is 5.56 Å². The van der Waals surface area contributed by atoms with Crippen LogP contribution in [0.3, 0.4) is 0 Å². The molecule has 0 unspecified atom stereocenters. The number of aliphatic hydroxyl groups is 1. The van der Waals surface area contributed by atoms with Crippen LogP contribution in [0.2, 0.25) is 0 Å². The Balaban J connectivity index is 1.98. The molecule has 2 N–H and O–H groups in total. The van der Waals surface area contributed by atoms with E-state index in [1.165, 1.54) is 12.4 Å². The highest BCUT2D eigenvalue weighted by molar-refractivity contribution is 5.90. The summed E-state index contributed by atoms with van der Waals surface area (Å²) < 4.78 is 45.8. The fraction of sp³-hybridized carbons (Fsp3) is 0.312. The number of fused-ring (bicyclic) bond motifs is 1. The molecule has 138 valence electrons. The molecule has 0 fully saturated rings. The van der Waals surface area contributed by atoms with E-state index < -0.39 is 11.7 Å². The Bertz CT molecular complexity index is 868. The smallest absolute Gasteiger partial charge is 0.394 e. The number of nitrogens with one attached hydrogen (secondary N) is 1. The molecule has 3 aromatic rings. The molecule has 7 nitrogen and oxygen atoms in total. The lowest BCUT2D eigenvalue weighted by Gasteiger charge is -2.13. The van der Waals surface area contributed by atoms with Crippen molar-refractivity contribution in [3.05, 3.63) is 42.5 Å². The van der Waals surface area contributed by atoms with Gasteiger partial charge in [0, 0.05) is 24.3 Å². The van der Waals surface area contributed by atoms with E-state index in [1.807, 2.05) is 0 Å². The number of anilines is 1. The summed E-state index contributed by atoms with van der Waals surface area (Å²) in [5.41, 5.74) is -0.404. The van der Waals surface area contributed by atoms with Crippen LogP contribution in [-0.2, 0) is 10.9 Å². The van der Waals surface area contributed by atoms with Gasteiger partial charge in [0.1, 0.15) is 12.1 Å². The zero-order chi connectivity index (χ0) is 18.6. The van der Waals surface area contributed by atoms with E-state index in [0.717, 1.165) is 12.1 Å². The van der Waals surface area contributed by atoms with Gasteiger partial charge in [0.2, 0.25) is 5.95 Å². The summed E-state index contributed by atoms with van der Waals surface area (Å²) in [5, 5.41) is 11.9. The van der Waals surface area contributed by atoms with Gasteiger partial charge in [-0.2, -0.15) is 18.2 Å². The predicted molar refractivity (Wildman–Crippen MR) is 88.1 cm³/mol. The first-order valence-electron chi connectivity index (χ1n) is 7.79. The molecule has 0 aliphatic rings. The quantitative estimate of drug-likeness (QED) is 0.623. The van der Waals surface area contributed by atoms with Gasteiger partial charge >= 0.3 is 6.18 Å². The minimum atomic E-state index is -4.46. The monoisotopic (exact) mass is 367 g/mol. The molecule has 0 aliphatic carbocycles. The summed E-state index contributed by atoms with van der Waals surface area (Å²) in [4.78, 5) is 12.5. The Morgan fingerprint density at radius 2 is 2.04 bits per heavy atom. The normalized spacial score (nSPS) is 11.8. The van der Waals surface area contributed by atoms with Gasteiger partial charge in [-0.1, -0.05) is 0 Å². The van der Waals surface area contributed by atoms with Crippen LogP contribution in [-0.4, -0.2) is 51.0 Å². The van der Waals surface area contributed by atoms with E-state index in [0.29, 0.717) is 12.1 Å². The molecule has 0 bridgehead atoms. The summed E-state index contributed by atoms with van der Waals surface area (Å²) in [5.74, 6) is 0.547. The fourth-order valence-electron chi connectivity index (χ4n) is 2.33. The summed E-state index contributed by atoms with van der Waals surface area (Å²) in [6.07, 6.45) is 0.230. The van der Waals surface area contributed by atoms with Gasteiger partial charge in [0.25, 0.3) is 0 Å². The van der Waals surface area contributed by atoms with E-state index >= 15 is 0 Å². The molecule has 2 aromatic heterocycles. The van der Waals surface area contributed by atoms with Crippen molar-refractivity contribution < 1.29 is 23.0 Å². The third-order valence-electron chi connectivity index (χ3n) is 3.52. The third kappa shape index (κ3) is 4.09. The van der Waals surface area contributed by atoms with Gasteiger partial charge in [-0.15, -0.1) is 0 Å². The lowest BCUT2D eigenvalue weighted by Crippen LogP contribution is -2.14. The molecule has 0 spiro atoms. The lowest BCUT2D eigenvalue weighted by molar-refractivity contribution is -0.137. The highest BCUT2D eigenvalue weighted by Crippen LogP contribution is 2.33. The number of nitrogens with zero attached hydrogens (tertiary/aromatic N) is 4. The minimum Gasteiger partial charge on any atom is -0.394 e. The van der Waals surface area contributed by atoms with E-state index in [1.54, 1.807) is 17.0 Å². The number of halogens is 3. The highest BCUT2D eigenvalue weighted by Gasteiger charge is 2.31. The van der Waals surface area contributed by atoms with Crippen molar-refractivity contribution in [2.45, 2.75) is 6.18 Å². The summed E-state index contributed by atoms with van der Waals surface area (Å²) >= 11 is 0. The summed E-state index contributed by atoms with van der Waals surface area (Å²) in [7, 11) is 0. The van der Waals surface area contributed by atoms with Gasteiger partial charge in [0.05, 0.1) is 30.9 Å². The molecule has 26 heavy (non-hydrogen) atoms. The molecular formula is C16H16F3N5O2. The van der Waals surface area contributed by atoms with Gasteiger partial charge in [-0.05, 0) is 18.2 Å². The van der Waals surface area contributed by atoms with Crippen molar-refractivity contribution >= 4 is 16.7 Å². The topological polar surface area (TPSA) is 85.1 Å². The second kappa shape index (κ2) is 7.67. The lowest BCUT2D eigenvalue weighted by atomic mass is 10.1. The van der Waals surface area contributed by atoms with Gasteiger partial charge < -0.3 is 15.2 Å². The Labute approximate surface area is 146 Å². The van der Waals surface area contributed by atoms with Crippen LogP contribution in [0, 0.1) is 0 Å². The Hall–Kier alpha value is -2.72. The van der Waals surface area contributed by atoms with Crippen molar-refractivity contribution in [3.63, 3.8) is 0 Å². The second-order valence-corrected chi connectivity index (χ2v) is 5.33. The molecule has 0 saturated carbocycles. The first-order valence-corrected chi connectivity index (χ1v) is 7.79. The molecule has 0 atom stereocenters. The average molecular weight is 367 g/mol. The number of rotatable bonds is 7. The van der Waals surface area contributed by atoms with Gasteiger partial charge in [0.15, 0.2) is 0 Å². The molecule has 0 radical (unpaired) electrons. The van der Waals surface area contributed by atoms with Crippen LogP contribution >= 0.6 is 0 Å². The maximum atomic E-state index is 13.0. The SMILES string of the molecule is OCCOCCNc1nc(-n2ccnc2)nc2ccc(C(F)(F)F)cc12. The van der Waals surface area contributed by atoms with E-state index in [4.69, 9.17) is 9.84 Å². The number of alkyl halides is 3. The average Bonchev–Trinajstić information content (AvgIpc) is 3.14. The van der Waals surface area contributed by atoms with Crippen molar-refractivity contribution in [1.82, 2.24) is 19.5 Å². The number of aliphatic hydroxyl groups excluding tert-OH is 1. The number of aromatic nitrogens is 4. The summed E-state index contributed by atoms with van der Waals surface area (Å²) in [6.45, 7) is 0.665. The molecule has 10 heteroatoms. The standard InChI is InChI=1S/C16H16F3N5O2/c17-16(18,19)11-1-2-13-12(9-11)14(21-4-7-26-8-6-25)23-15(22-13)24-5-3-20-10-24/h1-3,5,9-10,25H,4,6-8H2,(H,21,22,23). The fourth-order valence-corrected chi connectivity index (χ4v) is 2.33. The molecule has 0 amide bonds. The van der Waals surface area contributed by atoms with Crippen molar-refractivity contribution in [2.24, 2.45) is 0 Å². The van der Waals surface area contributed by atoms with Crippen molar-refractivity contribution in [1.29, 1.82) is 0 Å². The molecule has 1 aromatic carbocycles. The van der Waals surface area contributed by atoms with Crippen LogP contribution < -0.4 is 5.32 Å². The van der Waals surface area contributed by atoms with E-state index in [9.17, 15) is 13.2 Å². The number of ether oxygens (including phenoxy) is 1. The Morgan fingerprint density at radius 1 is 1.19 bits per heavy atom. The highest BCUT2D eigenvalue weighted by atomic mass is 19.4. The number of hydrogen-bond donors (Lipinski definition) is 2. The van der Waals surface area contributed by atoms with Crippen LogP contribution in [0.5, 0.6) is 0 Å². The van der Waals surface area contributed by atoms with E-state index in [-0.39, 0.29) is 37.0 Å². The maximum Gasteiger partial charge on any atom is 0.416 e. The van der Waals surface area contributed by atoms with Crippen LogP contribution in [0.4, 0.5) is 19.0 Å². The first-order chi connectivity index (χ1) is 12.5. The number of hydrogen-bond acceptors (Lipinski definition) is 6. The van der Waals surface area contributed by atoms with Gasteiger partial charge in [-0.25, -0.2) is 9.97 Å². The molecular weight excluding hydrogens is 351 g/mol. The number of benzene rings is 1. The first kappa shape index (κ1) is 18.1. The molecule has 0 saturated heterocycles. The predicted octanol–water partition coefficient (Wildman–Crippen LogP) is 2.26. The maximum absolute atomic E-state index is 13.0. The zero-order valence-electron chi connectivity index (χ0n) is 13.6. The van der Waals surface area contributed by atoms with Gasteiger partial charge in [-0.3, -0.25) is 4.57 Å². The summed E-state index contributed by atoms with van der Waals surface area (Å²) in [6, 6.07) is 3.32. The van der Waals surface area contributed by atoms with Crippen LogP contribution in [0.15, 0.2) is 36.9 Å².